The Morgan fingerprint density at radius 1 is 1.11 bits per heavy atom. The SMILES string of the molecule is COc1cccc(-c2nc3ccc(C)cc3[nH]2)c1. The van der Waals surface area contributed by atoms with Crippen molar-refractivity contribution in [3.63, 3.8) is 0 Å². The third kappa shape index (κ3) is 1.84. The standard InChI is InChI=1S/C15H14N2O/c1-10-6-7-13-14(8-10)17-15(16-13)11-4-3-5-12(9-11)18-2/h3-9H,1-2H3,(H,16,17). The van der Waals surface area contributed by atoms with Crippen molar-refractivity contribution in [2.24, 2.45) is 0 Å². The van der Waals surface area contributed by atoms with Crippen LogP contribution in [0, 0.1) is 6.92 Å². The van der Waals surface area contributed by atoms with Crippen LogP contribution in [0.15, 0.2) is 42.5 Å². The summed E-state index contributed by atoms with van der Waals surface area (Å²) in [6.07, 6.45) is 0. The van der Waals surface area contributed by atoms with Gasteiger partial charge in [0.05, 0.1) is 18.1 Å². The molecule has 0 aliphatic heterocycles. The molecule has 3 aromatic rings. The Bertz CT molecular complexity index is 701. The fourth-order valence-electron chi connectivity index (χ4n) is 2.03. The Hall–Kier alpha value is -2.29. The molecule has 0 atom stereocenters. The second-order valence-electron chi connectivity index (χ2n) is 4.34. The molecule has 1 N–H and O–H groups in total. The quantitative estimate of drug-likeness (QED) is 0.741. The maximum Gasteiger partial charge on any atom is 0.138 e. The minimum Gasteiger partial charge on any atom is -0.497 e. The van der Waals surface area contributed by atoms with Gasteiger partial charge in [-0.3, -0.25) is 0 Å². The Labute approximate surface area is 105 Å². The van der Waals surface area contributed by atoms with Crippen LogP contribution >= 0.6 is 0 Å². The molecule has 0 saturated carbocycles. The third-order valence-corrected chi connectivity index (χ3v) is 2.98. The first-order valence-electron chi connectivity index (χ1n) is 5.87. The summed E-state index contributed by atoms with van der Waals surface area (Å²) in [5.41, 5.74) is 4.30. The number of benzene rings is 2. The molecule has 90 valence electrons. The predicted octanol–water partition coefficient (Wildman–Crippen LogP) is 3.55. The van der Waals surface area contributed by atoms with Gasteiger partial charge in [-0.15, -0.1) is 0 Å². The smallest absolute Gasteiger partial charge is 0.138 e. The molecule has 0 fully saturated rings. The lowest BCUT2D eigenvalue weighted by atomic mass is 10.2. The van der Waals surface area contributed by atoms with Gasteiger partial charge >= 0.3 is 0 Å². The van der Waals surface area contributed by atoms with Crippen LogP contribution in [0.4, 0.5) is 0 Å². The molecule has 0 aliphatic carbocycles. The molecular weight excluding hydrogens is 224 g/mol. The maximum absolute atomic E-state index is 5.23. The van der Waals surface area contributed by atoms with Crippen molar-refractivity contribution >= 4 is 11.0 Å². The fourth-order valence-corrected chi connectivity index (χ4v) is 2.03. The zero-order chi connectivity index (χ0) is 12.5. The van der Waals surface area contributed by atoms with Crippen molar-refractivity contribution in [1.82, 2.24) is 9.97 Å². The summed E-state index contributed by atoms with van der Waals surface area (Å²) in [5.74, 6) is 1.71. The second-order valence-corrected chi connectivity index (χ2v) is 4.34. The number of methoxy groups -OCH3 is 1. The van der Waals surface area contributed by atoms with Gasteiger partial charge in [-0.05, 0) is 36.8 Å². The van der Waals surface area contributed by atoms with Gasteiger partial charge in [0.15, 0.2) is 0 Å². The minimum atomic E-state index is 0.837. The van der Waals surface area contributed by atoms with Crippen LogP contribution in [0.5, 0.6) is 5.75 Å². The fraction of sp³-hybridized carbons (Fsp3) is 0.133. The predicted molar refractivity (Wildman–Crippen MR) is 72.8 cm³/mol. The van der Waals surface area contributed by atoms with Gasteiger partial charge in [-0.2, -0.15) is 0 Å². The van der Waals surface area contributed by atoms with E-state index < -0.39 is 0 Å². The van der Waals surface area contributed by atoms with Gasteiger partial charge < -0.3 is 9.72 Å². The van der Waals surface area contributed by atoms with E-state index in [-0.39, 0.29) is 0 Å². The zero-order valence-corrected chi connectivity index (χ0v) is 10.4. The normalized spacial score (nSPS) is 10.8. The van der Waals surface area contributed by atoms with Gasteiger partial charge in [-0.25, -0.2) is 4.98 Å². The molecule has 18 heavy (non-hydrogen) atoms. The van der Waals surface area contributed by atoms with Crippen molar-refractivity contribution in [2.75, 3.05) is 7.11 Å². The lowest BCUT2D eigenvalue weighted by Gasteiger charge is -2.01. The van der Waals surface area contributed by atoms with E-state index in [1.54, 1.807) is 7.11 Å². The van der Waals surface area contributed by atoms with Crippen LogP contribution < -0.4 is 4.74 Å². The average molecular weight is 238 g/mol. The molecule has 2 aromatic carbocycles. The van der Waals surface area contributed by atoms with Crippen molar-refractivity contribution in [3.05, 3.63) is 48.0 Å². The topological polar surface area (TPSA) is 37.9 Å². The van der Waals surface area contributed by atoms with Crippen LogP contribution in [-0.4, -0.2) is 17.1 Å². The first-order valence-corrected chi connectivity index (χ1v) is 5.87. The molecule has 0 radical (unpaired) electrons. The van der Waals surface area contributed by atoms with E-state index in [1.165, 1.54) is 5.56 Å². The lowest BCUT2D eigenvalue weighted by molar-refractivity contribution is 0.415. The number of nitrogens with zero attached hydrogens (tertiary/aromatic N) is 1. The van der Waals surface area contributed by atoms with Crippen molar-refractivity contribution < 1.29 is 4.74 Å². The summed E-state index contributed by atoms with van der Waals surface area (Å²) in [6, 6.07) is 14.1. The minimum absolute atomic E-state index is 0.837. The summed E-state index contributed by atoms with van der Waals surface area (Å²) in [6.45, 7) is 2.07. The number of aromatic amines is 1. The van der Waals surface area contributed by atoms with Crippen LogP contribution in [0.2, 0.25) is 0 Å². The van der Waals surface area contributed by atoms with Crippen molar-refractivity contribution in [1.29, 1.82) is 0 Å². The zero-order valence-electron chi connectivity index (χ0n) is 10.4. The monoisotopic (exact) mass is 238 g/mol. The molecular formula is C15H14N2O. The highest BCUT2D eigenvalue weighted by Gasteiger charge is 2.06. The number of H-pyrrole nitrogens is 1. The number of hydrogen-bond donors (Lipinski definition) is 1. The first kappa shape index (κ1) is 10.8. The maximum atomic E-state index is 5.23. The van der Waals surface area contributed by atoms with Crippen LogP contribution in [0.25, 0.3) is 22.4 Å². The van der Waals surface area contributed by atoms with E-state index >= 15 is 0 Å². The Kier molecular flexibility index (Phi) is 2.52. The molecule has 1 heterocycles. The molecule has 0 spiro atoms. The summed E-state index contributed by atoms with van der Waals surface area (Å²) in [7, 11) is 1.67. The highest BCUT2D eigenvalue weighted by molar-refractivity contribution is 5.80. The molecule has 3 nitrogen and oxygen atoms in total. The van der Waals surface area contributed by atoms with E-state index in [0.29, 0.717) is 0 Å². The van der Waals surface area contributed by atoms with E-state index in [2.05, 4.69) is 29.0 Å². The Morgan fingerprint density at radius 3 is 2.83 bits per heavy atom. The summed E-state index contributed by atoms with van der Waals surface area (Å²) in [5, 5.41) is 0. The van der Waals surface area contributed by atoms with E-state index in [4.69, 9.17) is 4.74 Å². The molecule has 3 heteroatoms. The summed E-state index contributed by atoms with van der Waals surface area (Å²) >= 11 is 0. The molecule has 0 saturated heterocycles. The number of hydrogen-bond acceptors (Lipinski definition) is 2. The molecule has 0 unspecified atom stereocenters. The summed E-state index contributed by atoms with van der Waals surface area (Å²) in [4.78, 5) is 7.93. The van der Waals surface area contributed by atoms with E-state index in [0.717, 1.165) is 28.2 Å². The van der Waals surface area contributed by atoms with Gasteiger partial charge in [0.1, 0.15) is 11.6 Å². The van der Waals surface area contributed by atoms with Crippen molar-refractivity contribution in [2.45, 2.75) is 6.92 Å². The van der Waals surface area contributed by atoms with E-state index in [1.807, 2.05) is 30.3 Å². The largest absolute Gasteiger partial charge is 0.497 e. The average Bonchev–Trinajstić information content (AvgIpc) is 2.81. The lowest BCUT2D eigenvalue weighted by Crippen LogP contribution is -1.84. The van der Waals surface area contributed by atoms with Gasteiger partial charge in [0.2, 0.25) is 0 Å². The number of fused-ring (bicyclic) bond motifs is 1. The number of nitrogens with one attached hydrogen (secondary N) is 1. The summed E-state index contributed by atoms with van der Waals surface area (Å²) < 4.78 is 5.23. The van der Waals surface area contributed by atoms with Crippen LogP contribution in [-0.2, 0) is 0 Å². The Morgan fingerprint density at radius 2 is 2.00 bits per heavy atom. The highest BCUT2D eigenvalue weighted by Crippen LogP contribution is 2.24. The van der Waals surface area contributed by atoms with Gasteiger partial charge in [-0.1, -0.05) is 18.2 Å². The number of imidazole rings is 1. The number of aromatic nitrogens is 2. The van der Waals surface area contributed by atoms with Crippen LogP contribution in [0.3, 0.4) is 0 Å². The molecule has 0 amide bonds. The Balaban J connectivity index is 2.13. The third-order valence-electron chi connectivity index (χ3n) is 2.98. The number of rotatable bonds is 2. The van der Waals surface area contributed by atoms with Gasteiger partial charge in [0, 0.05) is 5.56 Å². The second kappa shape index (κ2) is 4.18. The molecule has 0 aliphatic rings. The highest BCUT2D eigenvalue weighted by atomic mass is 16.5. The molecule has 0 bridgehead atoms. The van der Waals surface area contributed by atoms with Gasteiger partial charge in [0.25, 0.3) is 0 Å². The van der Waals surface area contributed by atoms with Crippen molar-refractivity contribution in [3.8, 4) is 17.1 Å². The van der Waals surface area contributed by atoms with Crippen LogP contribution in [0.1, 0.15) is 5.56 Å². The molecule has 1 aromatic heterocycles. The number of ether oxygens (including phenoxy) is 1. The molecule has 3 rings (SSSR count). The van der Waals surface area contributed by atoms with E-state index in [9.17, 15) is 0 Å². The first-order chi connectivity index (χ1) is 8.76. The number of aryl methyl sites for hydroxylation is 1.